The van der Waals surface area contributed by atoms with Crippen LogP contribution in [0.1, 0.15) is 12.1 Å². The van der Waals surface area contributed by atoms with Crippen molar-refractivity contribution in [3.05, 3.63) is 19.0 Å². The van der Waals surface area contributed by atoms with Gasteiger partial charge in [0.05, 0.1) is 3.57 Å². The topological polar surface area (TPSA) is 33.1 Å². The first-order chi connectivity index (χ1) is 5.52. The minimum Gasteiger partial charge on any atom is -0.505 e. The molecule has 6 heteroatoms. The van der Waals surface area contributed by atoms with E-state index in [-0.39, 0.29) is 0 Å². The van der Waals surface area contributed by atoms with Crippen LogP contribution in [-0.4, -0.2) is 10.1 Å². The first kappa shape index (κ1) is 10.4. The molecule has 0 aliphatic rings. The van der Waals surface area contributed by atoms with E-state index in [4.69, 9.17) is 5.11 Å². The molecular formula is C6H3F2I2NO. The summed E-state index contributed by atoms with van der Waals surface area (Å²) < 4.78 is 25.2. The third-order valence-corrected chi connectivity index (χ3v) is 2.52. The predicted molar refractivity (Wildman–Crippen MR) is 56.3 cm³/mol. The Morgan fingerprint density at radius 1 is 1.42 bits per heavy atom. The molecule has 0 unspecified atom stereocenters. The van der Waals surface area contributed by atoms with Crippen molar-refractivity contribution in [2.24, 2.45) is 0 Å². The highest BCUT2D eigenvalue weighted by Crippen LogP contribution is 2.31. The Balaban J connectivity index is 3.28. The van der Waals surface area contributed by atoms with Gasteiger partial charge in [0.2, 0.25) is 0 Å². The molecule has 1 heterocycles. The summed E-state index contributed by atoms with van der Waals surface area (Å²) in [6.07, 6.45) is -2.73. The van der Waals surface area contributed by atoms with Gasteiger partial charge in [0.1, 0.15) is 3.70 Å². The van der Waals surface area contributed by atoms with Crippen molar-refractivity contribution in [1.29, 1.82) is 0 Å². The van der Waals surface area contributed by atoms with Gasteiger partial charge in [0, 0.05) is 0 Å². The Morgan fingerprint density at radius 2 is 2.00 bits per heavy atom. The lowest BCUT2D eigenvalue weighted by Gasteiger charge is -2.04. The number of alkyl halides is 2. The molecule has 1 aromatic rings. The highest BCUT2D eigenvalue weighted by atomic mass is 127. The maximum Gasteiger partial charge on any atom is 0.284 e. The summed E-state index contributed by atoms with van der Waals surface area (Å²) in [5.74, 6) is -0.425. The zero-order chi connectivity index (χ0) is 9.30. The van der Waals surface area contributed by atoms with Crippen molar-refractivity contribution in [2.45, 2.75) is 6.43 Å². The Hall–Kier alpha value is 0.270. The smallest absolute Gasteiger partial charge is 0.284 e. The molecule has 0 spiro atoms. The Labute approximate surface area is 94.7 Å². The van der Waals surface area contributed by atoms with Crippen LogP contribution in [0.2, 0.25) is 0 Å². The summed E-state index contributed by atoms with van der Waals surface area (Å²) >= 11 is 3.60. The molecule has 2 nitrogen and oxygen atoms in total. The van der Waals surface area contributed by atoms with E-state index >= 15 is 0 Å². The lowest BCUT2D eigenvalue weighted by molar-refractivity contribution is 0.141. The highest BCUT2D eigenvalue weighted by Gasteiger charge is 2.17. The van der Waals surface area contributed by atoms with E-state index in [1.807, 2.05) is 22.6 Å². The lowest BCUT2D eigenvalue weighted by Crippen LogP contribution is -1.95. The number of hydrogen-bond acceptors (Lipinski definition) is 2. The van der Waals surface area contributed by atoms with E-state index in [1.54, 1.807) is 22.6 Å². The average molecular weight is 397 g/mol. The van der Waals surface area contributed by atoms with Crippen LogP contribution in [0.4, 0.5) is 8.78 Å². The number of hydrogen-bond donors (Lipinski definition) is 1. The molecular weight excluding hydrogens is 394 g/mol. The second-order valence-electron chi connectivity index (χ2n) is 1.96. The number of nitrogens with zero attached hydrogens (tertiary/aromatic N) is 1. The number of rotatable bonds is 1. The van der Waals surface area contributed by atoms with Crippen molar-refractivity contribution in [3.8, 4) is 5.75 Å². The molecule has 1 N–H and O–H groups in total. The highest BCUT2D eigenvalue weighted by molar-refractivity contribution is 14.1. The fourth-order valence-electron chi connectivity index (χ4n) is 0.648. The third-order valence-electron chi connectivity index (χ3n) is 1.15. The molecule has 0 amide bonds. The number of pyridine rings is 1. The van der Waals surface area contributed by atoms with Crippen LogP contribution in [0.25, 0.3) is 0 Å². The quantitative estimate of drug-likeness (QED) is 0.585. The molecule has 0 bridgehead atoms. The van der Waals surface area contributed by atoms with E-state index < -0.39 is 17.9 Å². The van der Waals surface area contributed by atoms with Gasteiger partial charge in [-0.05, 0) is 51.2 Å². The monoisotopic (exact) mass is 397 g/mol. The van der Waals surface area contributed by atoms with Crippen LogP contribution >= 0.6 is 45.2 Å². The third kappa shape index (κ3) is 2.15. The van der Waals surface area contributed by atoms with Gasteiger partial charge in [-0.25, -0.2) is 13.8 Å². The molecule has 0 fully saturated rings. The van der Waals surface area contributed by atoms with Crippen LogP contribution in [-0.2, 0) is 0 Å². The van der Waals surface area contributed by atoms with Crippen LogP contribution in [0, 0.1) is 7.27 Å². The SMILES string of the molecule is Oc1c(I)cc(I)nc1C(F)F. The van der Waals surface area contributed by atoms with Crippen LogP contribution in [0.5, 0.6) is 5.75 Å². The molecule has 1 aromatic heterocycles. The number of aromatic nitrogens is 1. The molecule has 66 valence electrons. The average Bonchev–Trinajstić information content (AvgIpc) is 1.96. The molecule has 0 saturated heterocycles. The first-order valence-electron chi connectivity index (χ1n) is 2.85. The maximum atomic E-state index is 12.2. The number of halogens is 4. The van der Waals surface area contributed by atoms with Gasteiger partial charge in [0.25, 0.3) is 6.43 Å². The Morgan fingerprint density at radius 3 is 2.50 bits per heavy atom. The van der Waals surface area contributed by atoms with Gasteiger partial charge in [-0.1, -0.05) is 0 Å². The summed E-state index contributed by atoms with van der Waals surface area (Å²) in [6, 6.07) is 1.53. The minimum atomic E-state index is -2.73. The predicted octanol–water partition coefficient (Wildman–Crippen LogP) is 2.93. The van der Waals surface area contributed by atoms with Crippen molar-refractivity contribution < 1.29 is 13.9 Å². The van der Waals surface area contributed by atoms with E-state index in [9.17, 15) is 8.78 Å². The summed E-state index contributed by atoms with van der Waals surface area (Å²) in [4.78, 5) is 3.51. The standard InChI is InChI=1S/C6H3F2I2NO/c7-6(8)4-5(12)2(9)1-3(10)11-4/h1,6,12H. The summed E-state index contributed by atoms with van der Waals surface area (Å²) in [5, 5.41) is 9.14. The van der Waals surface area contributed by atoms with Gasteiger partial charge in [-0.15, -0.1) is 0 Å². The van der Waals surface area contributed by atoms with Gasteiger partial charge < -0.3 is 5.11 Å². The molecule has 0 aliphatic heterocycles. The van der Waals surface area contributed by atoms with Crippen LogP contribution < -0.4 is 0 Å². The van der Waals surface area contributed by atoms with Gasteiger partial charge in [0.15, 0.2) is 11.4 Å². The van der Waals surface area contributed by atoms with Crippen molar-refractivity contribution in [3.63, 3.8) is 0 Å². The second-order valence-corrected chi connectivity index (χ2v) is 4.23. The Kier molecular flexibility index (Phi) is 3.44. The zero-order valence-electron chi connectivity index (χ0n) is 5.56. The zero-order valence-corrected chi connectivity index (χ0v) is 9.88. The van der Waals surface area contributed by atoms with Crippen molar-refractivity contribution >= 4 is 45.2 Å². The van der Waals surface area contributed by atoms with Gasteiger partial charge in [-0.3, -0.25) is 0 Å². The molecule has 0 radical (unpaired) electrons. The van der Waals surface area contributed by atoms with E-state index in [2.05, 4.69) is 4.98 Å². The number of aromatic hydroxyl groups is 1. The van der Waals surface area contributed by atoms with E-state index in [0.29, 0.717) is 7.27 Å². The first-order valence-corrected chi connectivity index (χ1v) is 5.01. The largest absolute Gasteiger partial charge is 0.505 e. The van der Waals surface area contributed by atoms with Crippen LogP contribution in [0.3, 0.4) is 0 Å². The van der Waals surface area contributed by atoms with Crippen molar-refractivity contribution in [1.82, 2.24) is 4.98 Å². The molecule has 12 heavy (non-hydrogen) atoms. The summed E-state index contributed by atoms with van der Waals surface area (Å²) in [7, 11) is 0. The van der Waals surface area contributed by atoms with Crippen molar-refractivity contribution in [2.75, 3.05) is 0 Å². The lowest BCUT2D eigenvalue weighted by atomic mass is 10.3. The van der Waals surface area contributed by atoms with Crippen LogP contribution in [0.15, 0.2) is 6.07 Å². The van der Waals surface area contributed by atoms with Gasteiger partial charge in [-0.2, -0.15) is 0 Å². The second kappa shape index (κ2) is 3.99. The van der Waals surface area contributed by atoms with E-state index in [0.717, 1.165) is 0 Å². The van der Waals surface area contributed by atoms with E-state index in [1.165, 1.54) is 6.07 Å². The molecule has 1 rings (SSSR count). The summed E-state index contributed by atoms with van der Waals surface area (Å²) in [5.41, 5.74) is -0.550. The fraction of sp³-hybridized carbons (Fsp3) is 0.167. The fourth-order valence-corrected chi connectivity index (χ4v) is 2.39. The molecule has 0 atom stereocenters. The normalized spacial score (nSPS) is 10.8. The maximum absolute atomic E-state index is 12.2. The summed E-state index contributed by atoms with van der Waals surface area (Å²) in [6.45, 7) is 0. The Bertz CT molecular complexity index is 306. The molecule has 0 aromatic carbocycles. The minimum absolute atomic E-state index is 0.391. The van der Waals surface area contributed by atoms with Gasteiger partial charge >= 0.3 is 0 Å². The molecule has 0 aliphatic carbocycles. The molecule has 0 saturated carbocycles.